The van der Waals surface area contributed by atoms with Gasteiger partial charge in [0, 0.05) is 6.04 Å². The van der Waals surface area contributed by atoms with Gasteiger partial charge >= 0.3 is 0 Å². The van der Waals surface area contributed by atoms with Crippen LogP contribution in [0.3, 0.4) is 0 Å². The Morgan fingerprint density at radius 1 is 1.00 bits per heavy atom. The Kier molecular flexibility index (Phi) is 5.26. The maximum Gasteiger partial charge on any atom is 0.0348 e. The number of hydrogen-bond donors (Lipinski definition) is 1. The summed E-state index contributed by atoms with van der Waals surface area (Å²) in [6.07, 6.45) is 4.15. The van der Waals surface area contributed by atoms with Crippen LogP contribution in [0.4, 0.5) is 0 Å². The monoisotopic (exact) mass is 273 g/mol. The summed E-state index contributed by atoms with van der Waals surface area (Å²) in [7, 11) is 0. The molecule has 0 bridgehead atoms. The number of aryl methyl sites for hydroxylation is 2. The lowest BCUT2D eigenvalue weighted by Crippen LogP contribution is -2.33. The highest BCUT2D eigenvalue weighted by Crippen LogP contribution is 2.40. The molecule has 0 spiro atoms. The summed E-state index contributed by atoms with van der Waals surface area (Å²) in [6, 6.07) is 7.57. The Morgan fingerprint density at radius 3 is 2.05 bits per heavy atom. The van der Waals surface area contributed by atoms with Gasteiger partial charge in [-0.25, -0.2) is 0 Å². The zero-order valence-electron chi connectivity index (χ0n) is 13.9. The van der Waals surface area contributed by atoms with Gasteiger partial charge in [0.25, 0.3) is 0 Å². The summed E-state index contributed by atoms with van der Waals surface area (Å²) in [4.78, 5) is 0. The number of hydrogen-bond acceptors (Lipinski definition) is 1. The van der Waals surface area contributed by atoms with Gasteiger partial charge < -0.3 is 5.32 Å². The zero-order valence-corrected chi connectivity index (χ0v) is 13.9. The highest BCUT2D eigenvalue weighted by Gasteiger charge is 2.30. The summed E-state index contributed by atoms with van der Waals surface area (Å²) in [5.74, 6) is 2.53. The fraction of sp³-hybridized carbons (Fsp3) is 0.684. The minimum absolute atomic E-state index is 0.531. The van der Waals surface area contributed by atoms with Crippen LogP contribution in [0.25, 0.3) is 0 Å². The molecule has 1 saturated carbocycles. The van der Waals surface area contributed by atoms with E-state index in [1.54, 1.807) is 0 Å². The lowest BCUT2D eigenvalue weighted by Gasteiger charge is -2.37. The lowest BCUT2D eigenvalue weighted by atomic mass is 9.72. The predicted octanol–water partition coefficient (Wildman–Crippen LogP) is 5.03. The normalized spacial score (nSPS) is 28.4. The molecule has 2 rings (SSSR count). The standard InChI is InChI=1S/C19H31N/c1-6-20-19(17-9-13(2)7-14(3)10-17)18-11-15(4)8-16(5)12-18/h7,9-10,15-16,18-20H,6,8,11-12H2,1-5H3. The van der Waals surface area contributed by atoms with E-state index in [9.17, 15) is 0 Å². The molecule has 1 aromatic rings. The maximum atomic E-state index is 3.76. The van der Waals surface area contributed by atoms with Gasteiger partial charge in [-0.1, -0.05) is 50.1 Å². The predicted molar refractivity (Wildman–Crippen MR) is 88.0 cm³/mol. The first kappa shape index (κ1) is 15.6. The molecule has 1 nitrogen and oxygen atoms in total. The topological polar surface area (TPSA) is 12.0 Å². The second-order valence-electron chi connectivity index (χ2n) is 7.13. The molecule has 1 aliphatic rings. The van der Waals surface area contributed by atoms with Gasteiger partial charge in [-0.2, -0.15) is 0 Å². The first-order chi connectivity index (χ1) is 9.49. The molecule has 0 saturated heterocycles. The Hall–Kier alpha value is -0.820. The van der Waals surface area contributed by atoms with E-state index in [4.69, 9.17) is 0 Å². The molecule has 1 aromatic carbocycles. The maximum absolute atomic E-state index is 3.76. The van der Waals surface area contributed by atoms with Crippen LogP contribution in [-0.4, -0.2) is 6.54 Å². The third kappa shape index (κ3) is 3.85. The van der Waals surface area contributed by atoms with Gasteiger partial charge in [-0.3, -0.25) is 0 Å². The van der Waals surface area contributed by atoms with Crippen molar-refractivity contribution >= 4 is 0 Å². The van der Waals surface area contributed by atoms with Crippen LogP contribution in [0.15, 0.2) is 18.2 Å². The molecule has 1 N–H and O–H groups in total. The van der Waals surface area contributed by atoms with Gasteiger partial charge in [-0.15, -0.1) is 0 Å². The Labute approximate surface area is 125 Å². The fourth-order valence-electron chi connectivity index (χ4n) is 4.25. The molecule has 1 aliphatic carbocycles. The van der Waals surface area contributed by atoms with Crippen LogP contribution in [0, 0.1) is 31.6 Å². The first-order valence-electron chi connectivity index (χ1n) is 8.31. The Balaban J connectivity index is 2.25. The van der Waals surface area contributed by atoms with Crippen molar-refractivity contribution in [2.45, 2.75) is 59.9 Å². The first-order valence-corrected chi connectivity index (χ1v) is 8.31. The van der Waals surface area contributed by atoms with Crippen LogP contribution >= 0.6 is 0 Å². The number of nitrogens with one attached hydrogen (secondary N) is 1. The molecule has 112 valence electrons. The van der Waals surface area contributed by atoms with Gasteiger partial charge in [0.05, 0.1) is 0 Å². The van der Waals surface area contributed by atoms with E-state index in [2.05, 4.69) is 58.1 Å². The average molecular weight is 273 g/mol. The highest BCUT2D eigenvalue weighted by molar-refractivity contribution is 5.31. The smallest absolute Gasteiger partial charge is 0.0348 e. The minimum atomic E-state index is 0.531. The molecule has 1 fully saturated rings. The van der Waals surface area contributed by atoms with Gasteiger partial charge in [0.1, 0.15) is 0 Å². The molecular formula is C19H31N. The molecule has 20 heavy (non-hydrogen) atoms. The van der Waals surface area contributed by atoms with Gasteiger partial charge in [0.15, 0.2) is 0 Å². The van der Waals surface area contributed by atoms with E-state index in [1.165, 1.54) is 36.0 Å². The largest absolute Gasteiger partial charge is 0.310 e. The molecule has 1 heteroatoms. The van der Waals surface area contributed by atoms with Crippen molar-refractivity contribution in [2.75, 3.05) is 6.54 Å². The third-order valence-corrected chi connectivity index (χ3v) is 4.71. The summed E-state index contributed by atoms with van der Waals surface area (Å²) < 4.78 is 0. The van der Waals surface area contributed by atoms with Crippen LogP contribution in [-0.2, 0) is 0 Å². The Morgan fingerprint density at radius 2 is 1.55 bits per heavy atom. The molecule has 3 atom stereocenters. The average Bonchev–Trinajstić information content (AvgIpc) is 2.33. The summed E-state index contributed by atoms with van der Waals surface area (Å²) in [5.41, 5.74) is 4.27. The lowest BCUT2D eigenvalue weighted by molar-refractivity contribution is 0.177. The van der Waals surface area contributed by atoms with E-state index in [0.29, 0.717) is 6.04 Å². The van der Waals surface area contributed by atoms with Gasteiger partial charge in [0.2, 0.25) is 0 Å². The van der Waals surface area contributed by atoms with E-state index in [1.807, 2.05) is 0 Å². The minimum Gasteiger partial charge on any atom is -0.310 e. The van der Waals surface area contributed by atoms with E-state index in [-0.39, 0.29) is 0 Å². The number of rotatable bonds is 4. The summed E-state index contributed by atoms with van der Waals surface area (Å²) in [6.45, 7) is 12.6. The fourth-order valence-corrected chi connectivity index (χ4v) is 4.25. The summed E-state index contributed by atoms with van der Waals surface area (Å²) >= 11 is 0. The molecular weight excluding hydrogens is 242 g/mol. The molecule has 0 radical (unpaired) electrons. The van der Waals surface area contributed by atoms with Crippen LogP contribution in [0.1, 0.15) is 62.8 Å². The van der Waals surface area contributed by atoms with Crippen molar-refractivity contribution in [1.82, 2.24) is 5.32 Å². The molecule has 3 unspecified atom stereocenters. The molecule has 0 heterocycles. The zero-order chi connectivity index (χ0) is 14.7. The van der Waals surface area contributed by atoms with Crippen LogP contribution in [0.2, 0.25) is 0 Å². The van der Waals surface area contributed by atoms with Crippen molar-refractivity contribution in [3.05, 3.63) is 34.9 Å². The van der Waals surface area contributed by atoms with Crippen LogP contribution in [0.5, 0.6) is 0 Å². The second kappa shape index (κ2) is 6.76. The Bertz CT molecular complexity index is 407. The van der Waals surface area contributed by atoms with E-state index in [0.717, 1.165) is 24.3 Å². The molecule has 0 amide bonds. The van der Waals surface area contributed by atoms with Crippen molar-refractivity contribution in [3.8, 4) is 0 Å². The summed E-state index contributed by atoms with van der Waals surface area (Å²) in [5, 5.41) is 3.76. The number of benzene rings is 1. The van der Waals surface area contributed by atoms with Crippen molar-refractivity contribution < 1.29 is 0 Å². The molecule has 0 aliphatic heterocycles. The SMILES string of the molecule is CCNC(c1cc(C)cc(C)c1)C1CC(C)CC(C)C1. The van der Waals surface area contributed by atoms with Crippen molar-refractivity contribution in [3.63, 3.8) is 0 Å². The van der Waals surface area contributed by atoms with Crippen LogP contribution < -0.4 is 5.32 Å². The highest BCUT2D eigenvalue weighted by atomic mass is 14.9. The van der Waals surface area contributed by atoms with E-state index >= 15 is 0 Å². The van der Waals surface area contributed by atoms with Crippen molar-refractivity contribution in [2.24, 2.45) is 17.8 Å². The second-order valence-corrected chi connectivity index (χ2v) is 7.13. The molecule has 0 aromatic heterocycles. The van der Waals surface area contributed by atoms with Crippen molar-refractivity contribution in [1.29, 1.82) is 0 Å². The third-order valence-electron chi connectivity index (χ3n) is 4.71. The van der Waals surface area contributed by atoms with E-state index < -0.39 is 0 Å². The quantitative estimate of drug-likeness (QED) is 0.811. The van der Waals surface area contributed by atoms with Gasteiger partial charge in [-0.05, 0) is 63.0 Å².